The minimum Gasteiger partial charge on any atom is -0.356 e. The average Bonchev–Trinajstić information content (AvgIpc) is 3.38. The zero-order chi connectivity index (χ0) is 18.0. The molecule has 27 heavy (non-hydrogen) atoms. The van der Waals surface area contributed by atoms with Gasteiger partial charge in [-0.05, 0) is 69.1 Å². The summed E-state index contributed by atoms with van der Waals surface area (Å²) < 4.78 is 1.87. The molecule has 1 aromatic carbocycles. The molecule has 1 aliphatic heterocycles. The fourth-order valence-corrected chi connectivity index (χ4v) is 3.30. The van der Waals surface area contributed by atoms with Gasteiger partial charge >= 0.3 is 0 Å². The average molecular weight is 482 g/mol. The van der Waals surface area contributed by atoms with E-state index < -0.39 is 0 Å². The van der Waals surface area contributed by atoms with Crippen LogP contribution in [-0.2, 0) is 6.42 Å². The number of rotatable bonds is 8. The smallest absolute Gasteiger partial charge is 0.190 e. The summed E-state index contributed by atoms with van der Waals surface area (Å²) in [6, 6.07) is 10.5. The SMILES string of the molecule is CN=C(NCCCN1CCCC1)NCCc1ccc(-n2cccn2)cc1.I. The molecule has 1 aromatic heterocycles. The number of aliphatic imine (C=N–C) groups is 1. The quantitative estimate of drug-likeness (QED) is 0.263. The predicted molar refractivity (Wildman–Crippen MR) is 122 cm³/mol. The molecular weight excluding hydrogens is 451 g/mol. The van der Waals surface area contributed by atoms with Crippen LogP contribution in [0.1, 0.15) is 24.8 Å². The van der Waals surface area contributed by atoms with Crippen molar-refractivity contribution in [1.82, 2.24) is 25.3 Å². The molecular formula is C20H31IN6. The van der Waals surface area contributed by atoms with Gasteiger partial charge < -0.3 is 15.5 Å². The molecule has 0 atom stereocenters. The van der Waals surface area contributed by atoms with Crippen LogP contribution >= 0.6 is 24.0 Å². The molecule has 7 heteroatoms. The maximum absolute atomic E-state index is 4.31. The highest BCUT2D eigenvalue weighted by Gasteiger charge is 2.10. The van der Waals surface area contributed by atoms with E-state index in [1.807, 2.05) is 24.0 Å². The molecule has 1 aliphatic rings. The van der Waals surface area contributed by atoms with Gasteiger partial charge in [0.25, 0.3) is 0 Å². The number of aromatic nitrogens is 2. The third-order valence-corrected chi connectivity index (χ3v) is 4.78. The Morgan fingerprint density at radius 1 is 1.11 bits per heavy atom. The molecule has 0 aliphatic carbocycles. The van der Waals surface area contributed by atoms with Crippen molar-refractivity contribution in [2.75, 3.05) is 39.8 Å². The number of hydrogen-bond donors (Lipinski definition) is 2. The van der Waals surface area contributed by atoms with E-state index in [2.05, 4.69) is 49.9 Å². The van der Waals surface area contributed by atoms with Crippen LogP contribution in [-0.4, -0.2) is 60.4 Å². The maximum atomic E-state index is 4.31. The first kappa shape index (κ1) is 21.7. The Bertz CT molecular complexity index is 662. The van der Waals surface area contributed by atoms with E-state index in [0.717, 1.165) is 37.6 Å². The van der Waals surface area contributed by atoms with Gasteiger partial charge in [-0.2, -0.15) is 5.10 Å². The van der Waals surface area contributed by atoms with E-state index >= 15 is 0 Å². The minimum absolute atomic E-state index is 0. The Morgan fingerprint density at radius 3 is 2.52 bits per heavy atom. The first-order valence-electron chi connectivity index (χ1n) is 9.61. The van der Waals surface area contributed by atoms with Gasteiger partial charge in [0.1, 0.15) is 0 Å². The summed E-state index contributed by atoms with van der Waals surface area (Å²) in [7, 11) is 1.83. The number of hydrogen-bond acceptors (Lipinski definition) is 3. The maximum Gasteiger partial charge on any atom is 0.190 e. The first-order chi connectivity index (χ1) is 12.8. The summed E-state index contributed by atoms with van der Waals surface area (Å²) in [6.07, 6.45) is 8.60. The molecule has 0 saturated carbocycles. The van der Waals surface area contributed by atoms with Crippen molar-refractivity contribution in [3.8, 4) is 5.69 Å². The van der Waals surface area contributed by atoms with Crippen LogP contribution in [0.15, 0.2) is 47.7 Å². The Hall–Kier alpha value is -1.61. The summed E-state index contributed by atoms with van der Waals surface area (Å²) in [4.78, 5) is 6.85. The third kappa shape index (κ3) is 7.14. The van der Waals surface area contributed by atoms with E-state index in [9.17, 15) is 0 Å². The van der Waals surface area contributed by atoms with Crippen molar-refractivity contribution < 1.29 is 0 Å². The van der Waals surface area contributed by atoms with Gasteiger partial charge in [-0.25, -0.2) is 4.68 Å². The van der Waals surface area contributed by atoms with Gasteiger partial charge in [-0.1, -0.05) is 12.1 Å². The highest BCUT2D eigenvalue weighted by molar-refractivity contribution is 14.0. The molecule has 2 aromatic rings. The fraction of sp³-hybridized carbons (Fsp3) is 0.500. The van der Waals surface area contributed by atoms with Crippen LogP contribution in [0.3, 0.4) is 0 Å². The predicted octanol–water partition coefficient (Wildman–Crippen LogP) is 2.68. The van der Waals surface area contributed by atoms with E-state index in [4.69, 9.17) is 0 Å². The Morgan fingerprint density at radius 2 is 1.85 bits per heavy atom. The molecule has 0 bridgehead atoms. The lowest BCUT2D eigenvalue weighted by Gasteiger charge is -2.16. The first-order valence-corrected chi connectivity index (χ1v) is 9.61. The van der Waals surface area contributed by atoms with E-state index in [1.54, 1.807) is 6.20 Å². The minimum atomic E-state index is 0. The molecule has 1 saturated heterocycles. The molecule has 6 nitrogen and oxygen atoms in total. The van der Waals surface area contributed by atoms with Crippen molar-refractivity contribution in [2.24, 2.45) is 4.99 Å². The van der Waals surface area contributed by atoms with Crippen molar-refractivity contribution in [3.05, 3.63) is 48.3 Å². The molecule has 0 unspecified atom stereocenters. The number of nitrogens with one attached hydrogen (secondary N) is 2. The van der Waals surface area contributed by atoms with Crippen LogP contribution in [0, 0.1) is 0 Å². The van der Waals surface area contributed by atoms with Crippen molar-refractivity contribution in [3.63, 3.8) is 0 Å². The fourth-order valence-electron chi connectivity index (χ4n) is 3.30. The Labute approximate surface area is 179 Å². The number of nitrogens with zero attached hydrogens (tertiary/aromatic N) is 4. The second-order valence-corrected chi connectivity index (χ2v) is 6.70. The highest BCUT2D eigenvalue weighted by atomic mass is 127. The molecule has 1 fully saturated rings. The largest absolute Gasteiger partial charge is 0.356 e. The molecule has 0 spiro atoms. The van der Waals surface area contributed by atoms with Gasteiger partial charge in [-0.15, -0.1) is 24.0 Å². The third-order valence-electron chi connectivity index (χ3n) is 4.78. The van der Waals surface area contributed by atoms with Gasteiger partial charge in [0.2, 0.25) is 0 Å². The van der Waals surface area contributed by atoms with Gasteiger partial charge in [-0.3, -0.25) is 4.99 Å². The van der Waals surface area contributed by atoms with E-state index in [0.29, 0.717) is 0 Å². The normalized spacial score (nSPS) is 14.8. The molecule has 3 rings (SSSR count). The van der Waals surface area contributed by atoms with Crippen LogP contribution in [0.4, 0.5) is 0 Å². The second kappa shape index (κ2) is 12.0. The van der Waals surface area contributed by atoms with Gasteiger partial charge in [0.15, 0.2) is 5.96 Å². The highest BCUT2D eigenvalue weighted by Crippen LogP contribution is 2.09. The lowest BCUT2D eigenvalue weighted by atomic mass is 10.1. The topological polar surface area (TPSA) is 57.5 Å². The number of guanidine groups is 1. The zero-order valence-electron chi connectivity index (χ0n) is 16.1. The summed E-state index contributed by atoms with van der Waals surface area (Å²) >= 11 is 0. The summed E-state index contributed by atoms with van der Waals surface area (Å²) in [5, 5.41) is 11.1. The standard InChI is InChI=1S/C20H30N6.HI/c1-21-20(22-11-4-16-25-14-2-3-15-25)23-13-10-18-6-8-19(9-7-18)26-17-5-12-24-26;/h5-9,12,17H,2-4,10-11,13-16H2,1H3,(H2,21,22,23);1H. The molecule has 0 amide bonds. The summed E-state index contributed by atoms with van der Waals surface area (Å²) in [5.74, 6) is 0.889. The van der Waals surface area contributed by atoms with E-state index in [-0.39, 0.29) is 24.0 Å². The molecule has 2 N–H and O–H groups in total. The van der Waals surface area contributed by atoms with E-state index in [1.165, 1.54) is 38.0 Å². The van der Waals surface area contributed by atoms with Crippen LogP contribution < -0.4 is 10.6 Å². The summed E-state index contributed by atoms with van der Waals surface area (Å²) in [6.45, 7) is 5.56. The van der Waals surface area contributed by atoms with Gasteiger partial charge in [0.05, 0.1) is 5.69 Å². The Kier molecular flexibility index (Phi) is 9.61. The van der Waals surface area contributed by atoms with Gasteiger partial charge in [0, 0.05) is 32.5 Å². The van der Waals surface area contributed by atoms with Crippen LogP contribution in [0.25, 0.3) is 5.69 Å². The van der Waals surface area contributed by atoms with Crippen molar-refractivity contribution in [2.45, 2.75) is 25.7 Å². The summed E-state index contributed by atoms with van der Waals surface area (Å²) in [5.41, 5.74) is 2.39. The number of halogens is 1. The molecule has 148 valence electrons. The van der Waals surface area contributed by atoms with Crippen molar-refractivity contribution >= 4 is 29.9 Å². The lowest BCUT2D eigenvalue weighted by Crippen LogP contribution is -2.39. The van der Waals surface area contributed by atoms with Crippen LogP contribution in [0.2, 0.25) is 0 Å². The second-order valence-electron chi connectivity index (χ2n) is 6.70. The molecule has 2 heterocycles. The van der Waals surface area contributed by atoms with Crippen molar-refractivity contribution in [1.29, 1.82) is 0 Å². The van der Waals surface area contributed by atoms with Crippen LogP contribution in [0.5, 0.6) is 0 Å². The number of likely N-dealkylation sites (tertiary alicyclic amines) is 1. The zero-order valence-corrected chi connectivity index (χ0v) is 18.4. The monoisotopic (exact) mass is 482 g/mol. The molecule has 0 radical (unpaired) electrons. The Balaban J connectivity index is 0.00000261. The number of benzene rings is 1. The lowest BCUT2D eigenvalue weighted by molar-refractivity contribution is 0.334.